The molecule has 10 heteroatoms. The van der Waals surface area contributed by atoms with E-state index < -0.39 is 22.5 Å². The molecule has 0 aliphatic rings. The Morgan fingerprint density at radius 1 is 0.871 bits per heavy atom. The lowest BCUT2D eigenvalue weighted by Crippen LogP contribution is -2.37. The van der Waals surface area contributed by atoms with Gasteiger partial charge in [0.2, 0.25) is 15.9 Å². The number of sulfonamides is 1. The number of benzene rings is 3. The van der Waals surface area contributed by atoms with Crippen molar-refractivity contribution in [1.29, 1.82) is 0 Å². The SMILES string of the molecule is O=C(CN(Cc1ccc(Cl)cc1)S(=O)(=O)c1ccc(Br)cc1)Nc1cc(Cl)cc(Cl)c1. The van der Waals surface area contributed by atoms with Crippen molar-refractivity contribution in [3.05, 3.63) is 91.8 Å². The molecule has 5 nitrogen and oxygen atoms in total. The maximum atomic E-state index is 13.3. The topological polar surface area (TPSA) is 66.5 Å². The number of hydrogen-bond donors (Lipinski definition) is 1. The highest BCUT2D eigenvalue weighted by atomic mass is 79.9. The number of carbonyl (C=O) groups excluding carboxylic acids is 1. The van der Waals surface area contributed by atoms with Crippen LogP contribution in [0.15, 0.2) is 76.1 Å². The zero-order chi connectivity index (χ0) is 22.6. The Balaban J connectivity index is 1.88. The van der Waals surface area contributed by atoms with Gasteiger partial charge >= 0.3 is 0 Å². The van der Waals surface area contributed by atoms with Crippen LogP contribution in [0, 0.1) is 0 Å². The summed E-state index contributed by atoms with van der Waals surface area (Å²) in [5.41, 5.74) is 1.05. The van der Waals surface area contributed by atoms with Gasteiger partial charge in [0, 0.05) is 31.8 Å². The van der Waals surface area contributed by atoms with Crippen molar-refractivity contribution in [3.63, 3.8) is 0 Å². The number of hydrogen-bond acceptors (Lipinski definition) is 3. The summed E-state index contributed by atoms with van der Waals surface area (Å²) in [6.07, 6.45) is 0. The first-order valence-corrected chi connectivity index (χ1v) is 12.3. The Labute approximate surface area is 204 Å². The third kappa shape index (κ3) is 6.68. The minimum Gasteiger partial charge on any atom is -0.325 e. The molecule has 0 spiro atoms. The van der Waals surface area contributed by atoms with E-state index >= 15 is 0 Å². The van der Waals surface area contributed by atoms with E-state index in [1.54, 1.807) is 36.4 Å². The standard InChI is InChI=1S/C21H16BrCl3N2O3S/c22-15-3-7-20(8-4-15)31(29,30)27(12-14-1-5-16(23)6-2-14)13-21(28)26-19-10-17(24)9-18(25)11-19/h1-11H,12-13H2,(H,26,28). The van der Waals surface area contributed by atoms with Crippen LogP contribution < -0.4 is 5.32 Å². The highest BCUT2D eigenvalue weighted by molar-refractivity contribution is 9.10. The van der Waals surface area contributed by atoms with Crippen LogP contribution in [-0.4, -0.2) is 25.2 Å². The maximum Gasteiger partial charge on any atom is 0.243 e. The number of amides is 1. The fourth-order valence-electron chi connectivity index (χ4n) is 2.76. The molecule has 0 radical (unpaired) electrons. The van der Waals surface area contributed by atoms with E-state index in [0.717, 1.165) is 8.78 Å². The van der Waals surface area contributed by atoms with Crippen molar-refractivity contribution in [2.75, 3.05) is 11.9 Å². The fraction of sp³-hybridized carbons (Fsp3) is 0.0952. The summed E-state index contributed by atoms with van der Waals surface area (Å²) in [4.78, 5) is 12.8. The van der Waals surface area contributed by atoms with Crippen LogP contribution in [0.25, 0.3) is 0 Å². The third-order valence-electron chi connectivity index (χ3n) is 4.19. The molecule has 0 saturated carbocycles. The Bertz CT molecular complexity index is 1170. The molecule has 3 rings (SSSR count). The van der Waals surface area contributed by atoms with Gasteiger partial charge in [-0.05, 0) is 60.2 Å². The Morgan fingerprint density at radius 3 is 2.03 bits per heavy atom. The van der Waals surface area contributed by atoms with E-state index in [2.05, 4.69) is 21.2 Å². The first-order chi connectivity index (χ1) is 14.6. The zero-order valence-electron chi connectivity index (χ0n) is 15.9. The predicted octanol–water partition coefficient (Wildman–Crippen LogP) is 6.24. The normalized spacial score (nSPS) is 11.5. The molecule has 162 valence electrons. The van der Waals surface area contributed by atoms with E-state index in [4.69, 9.17) is 34.8 Å². The van der Waals surface area contributed by atoms with Gasteiger partial charge in [-0.25, -0.2) is 8.42 Å². The molecule has 0 fully saturated rings. The number of nitrogens with zero attached hydrogens (tertiary/aromatic N) is 1. The summed E-state index contributed by atoms with van der Waals surface area (Å²) < 4.78 is 28.4. The molecule has 0 unspecified atom stereocenters. The molecular formula is C21H16BrCl3N2O3S. The van der Waals surface area contributed by atoms with E-state index in [0.29, 0.717) is 26.3 Å². The lowest BCUT2D eigenvalue weighted by atomic mass is 10.2. The van der Waals surface area contributed by atoms with E-state index in [-0.39, 0.29) is 11.4 Å². The van der Waals surface area contributed by atoms with Gasteiger partial charge in [0.15, 0.2) is 0 Å². The second-order valence-electron chi connectivity index (χ2n) is 6.56. The maximum absolute atomic E-state index is 13.3. The van der Waals surface area contributed by atoms with Crippen molar-refractivity contribution in [2.45, 2.75) is 11.4 Å². The Hall–Kier alpha value is -1.61. The average Bonchev–Trinajstić information content (AvgIpc) is 2.68. The molecule has 3 aromatic carbocycles. The van der Waals surface area contributed by atoms with Crippen molar-refractivity contribution in [2.24, 2.45) is 0 Å². The van der Waals surface area contributed by atoms with Gasteiger partial charge in [0.25, 0.3) is 0 Å². The van der Waals surface area contributed by atoms with Crippen LogP contribution in [0.3, 0.4) is 0 Å². The van der Waals surface area contributed by atoms with Crippen LogP contribution in [0.4, 0.5) is 5.69 Å². The van der Waals surface area contributed by atoms with Crippen LogP contribution in [0.5, 0.6) is 0 Å². The number of nitrogens with one attached hydrogen (secondary N) is 1. The fourth-order valence-corrected chi connectivity index (χ4v) is 5.06. The van der Waals surface area contributed by atoms with Crippen molar-refractivity contribution >= 4 is 72.4 Å². The van der Waals surface area contributed by atoms with Crippen LogP contribution >= 0.6 is 50.7 Å². The smallest absolute Gasteiger partial charge is 0.243 e. The van der Waals surface area contributed by atoms with Gasteiger partial charge in [-0.3, -0.25) is 4.79 Å². The molecule has 3 aromatic rings. The third-order valence-corrected chi connectivity index (χ3v) is 7.21. The van der Waals surface area contributed by atoms with Gasteiger partial charge in [-0.1, -0.05) is 62.9 Å². The Morgan fingerprint density at radius 2 is 1.45 bits per heavy atom. The number of halogens is 4. The first kappa shape index (κ1) is 24.0. The molecule has 0 atom stereocenters. The lowest BCUT2D eigenvalue weighted by Gasteiger charge is -2.22. The molecule has 0 aromatic heterocycles. The molecule has 1 amide bonds. The number of rotatable bonds is 7. The van der Waals surface area contributed by atoms with Gasteiger partial charge < -0.3 is 5.32 Å². The molecular weight excluding hydrogens is 547 g/mol. The molecule has 0 bridgehead atoms. The van der Waals surface area contributed by atoms with Crippen LogP contribution in [-0.2, 0) is 21.4 Å². The quantitative estimate of drug-likeness (QED) is 0.371. The average molecular weight is 563 g/mol. The second-order valence-corrected chi connectivity index (χ2v) is 10.7. The highest BCUT2D eigenvalue weighted by Crippen LogP contribution is 2.24. The number of anilines is 1. The summed E-state index contributed by atoms with van der Waals surface area (Å²) in [6, 6.07) is 17.5. The lowest BCUT2D eigenvalue weighted by molar-refractivity contribution is -0.116. The summed E-state index contributed by atoms with van der Waals surface area (Å²) in [7, 11) is -3.96. The summed E-state index contributed by atoms with van der Waals surface area (Å²) in [5, 5.41) is 3.87. The minimum atomic E-state index is -3.96. The molecule has 0 aliphatic carbocycles. The van der Waals surface area contributed by atoms with Crippen LogP contribution in [0.2, 0.25) is 15.1 Å². The van der Waals surface area contributed by atoms with Crippen molar-refractivity contribution in [1.82, 2.24) is 4.31 Å². The minimum absolute atomic E-state index is 0.0146. The van der Waals surface area contributed by atoms with Crippen LogP contribution in [0.1, 0.15) is 5.56 Å². The van der Waals surface area contributed by atoms with E-state index in [1.165, 1.54) is 30.3 Å². The molecule has 0 aliphatic heterocycles. The monoisotopic (exact) mass is 560 g/mol. The molecule has 31 heavy (non-hydrogen) atoms. The van der Waals surface area contributed by atoms with Gasteiger partial charge in [0.1, 0.15) is 0 Å². The largest absolute Gasteiger partial charge is 0.325 e. The highest BCUT2D eigenvalue weighted by Gasteiger charge is 2.27. The predicted molar refractivity (Wildman–Crippen MR) is 128 cm³/mol. The second kappa shape index (κ2) is 10.3. The zero-order valence-corrected chi connectivity index (χ0v) is 20.5. The Kier molecular flexibility index (Phi) is 8.02. The van der Waals surface area contributed by atoms with Gasteiger partial charge in [-0.2, -0.15) is 4.31 Å². The molecule has 0 saturated heterocycles. The summed E-state index contributed by atoms with van der Waals surface area (Å²) in [5.74, 6) is -0.534. The summed E-state index contributed by atoms with van der Waals surface area (Å²) >= 11 is 21.2. The van der Waals surface area contributed by atoms with Gasteiger partial charge in [0.05, 0.1) is 11.4 Å². The number of carbonyl (C=O) groups is 1. The van der Waals surface area contributed by atoms with E-state index in [1.807, 2.05) is 0 Å². The van der Waals surface area contributed by atoms with Crippen molar-refractivity contribution in [3.8, 4) is 0 Å². The van der Waals surface area contributed by atoms with Gasteiger partial charge in [-0.15, -0.1) is 0 Å². The summed E-state index contributed by atoms with van der Waals surface area (Å²) in [6.45, 7) is -0.426. The molecule has 0 heterocycles. The van der Waals surface area contributed by atoms with E-state index in [9.17, 15) is 13.2 Å². The molecule has 1 N–H and O–H groups in total. The first-order valence-electron chi connectivity index (χ1n) is 8.89. The van der Waals surface area contributed by atoms with Crippen molar-refractivity contribution < 1.29 is 13.2 Å².